The van der Waals surface area contributed by atoms with Gasteiger partial charge in [-0.15, -0.1) is 0 Å². The Morgan fingerprint density at radius 3 is 1.71 bits per heavy atom. The lowest BCUT2D eigenvalue weighted by Crippen LogP contribution is -2.65. The number of ether oxygens (including phenoxy) is 12. The molecule has 0 aliphatic carbocycles. The van der Waals surface area contributed by atoms with Crippen molar-refractivity contribution in [1.29, 1.82) is 0 Å². The zero-order chi connectivity index (χ0) is 50.0. The highest BCUT2D eigenvalue weighted by atomic mass is 16.9. The van der Waals surface area contributed by atoms with Gasteiger partial charge in [0.15, 0.2) is 17.9 Å². The maximum Gasteiger partial charge on any atom is 0.367 e. The summed E-state index contributed by atoms with van der Waals surface area (Å²) in [5.41, 5.74) is 14.7. The molecule has 16 nitrogen and oxygen atoms in total. The molecule has 0 amide bonds. The number of fused-ring (bicyclic) bond motifs is 3. The summed E-state index contributed by atoms with van der Waals surface area (Å²) < 4.78 is 79.4. The van der Waals surface area contributed by atoms with Crippen molar-refractivity contribution < 1.29 is 61.6 Å². The number of nitrogens with zero attached hydrogens (tertiary/aromatic N) is 3. The van der Waals surface area contributed by atoms with Gasteiger partial charge in [-0.2, -0.15) is 0 Å². The molecule has 16 heteroatoms. The number of hydrogen-bond donors (Lipinski definition) is 0. The average Bonchev–Trinajstić information content (AvgIpc) is 3.91. The maximum absolute atomic E-state index is 15.3. The first kappa shape index (κ1) is 51.3. The van der Waals surface area contributed by atoms with Gasteiger partial charge < -0.3 is 56.8 Å². The molecule has 72 heavy (non-hydrogen) atoms. The zero-order valence-corrected chi connectivity index (χ0v) is 41.0. The SMILES string of the molecule is CC1(C)O[C@H]2[C@@H](O1)[C@@H](CO[C@]1(C(=O)OCc3ccccc3)C[C@H](OCc3ccccc3)[C@@H](N=[N+]=[N-])[C@H]([C@H](OCc3ccccc3)[C@@H](COCc3ccccc3)OCc3ccccc3)O1)O[C@@H]1OC(C)(C)O[C@@H]12. The largest absolute Gasteiger partial charge is 0.457 e. The summed E-state index contributed by atoms with van der Waals surface area (Å²) in [5, 5.41) is 4.40. The third-order valence-electron chi connectivity index (χ3n) is 12.9. The highest BCUT2D eigenvalue weighted by molar-refractivity contribution is 5.78. The van der Waals surface area contributed by atoms with E-state index in [-0.39, 0.29) is 52.7 Å². The number of azide groups is 1. The van der Waals surface area contributed by atoms with Crippen LogP contribution in [0.5, 0.6) is 0 Å². The highest BCUT2D eigenvalue weighted by Gasteiger charge is 2.63. The van der Waals surface area contributed by atoms with Gasteiger partial charge in [0, 0.05) is 11.3 Å². The minimum Gasteiger partial charge on any atom is -0.457 e. The van der Waals surface area contributed by atoms with E-state index in [1.54, 1.807) is 13.8 Å². The van der Waals surface area contributed by atoms with Crippen molar-refractivity contribution in [1.82, 2.24) is 0 Å². The molecule has 4 saturated heterocycles. The van der Waals surface area contributed by atoms with Crippen LogP contribution in [-0.2, 0) is 94.7 Å². The minimum atomic E-state index is -2.25. The predicted molar refractivity (Wildman–Crippen MR) is 261 cm³/mol. The zero-order valence-electron chi connectivity index (χ0n) is 41.0. The Kier molecular flexibility index (Phi) is 16.8. The normalized spacial score (nSPS) is 27.9. The molecule has 0 radical (unpaired) electrons. The molecule has 5 aromatic rings. The van der Waals surface area contributed by atoms with E-state index < -0.39 is 84.5 Å². The second-order valence-corrected chi connectivity index (χ2v) is 19.2. The number of esters is 1. The lowest BCUT2D eigenvalue weighted by atomic mass is 9.88. The van der Waals surface area contributed by atoms with E-state index in [9.17, 15) is 5.53 Å². The van der Waals surface area contributed by atoms with Crippen LogP contribution >= 0.6 is 0 Å². The highest BCUT2D eigenvalue weighted by Crippen LogP contribution is 2.46. The molecular weight excluding hydrogens is 923 g/mol. The minimum absolute atomic E-state index is 0.00103. The molecule has 0 saturated carbocycles. The summed E-state index contributed by atoms with van der Waals surface area (Å²) in [6, 6.07) is 46.8. The van der Waals surface area contributed by atoms with Crippen LogP contribution in [0, 0.1) is 0 Å². The molecule has 4 fully saturated rings. The van der Waals surface area contributed by atoms with E-state index >= 15 is 4.79 Å². The van der Waals surface area contributed by atoms with Crippen molar-refractivity contribution >= 4 is 5.97 Å². The Bertz CT molecular complexity index is 2520. The average molecular weight is 986 g/mol. The van der Waals surface area contributed by atoms with Crippen LogP contribution in [0.2, 0.25) is 0 Å². The van der Waals surface area contributed by atoms with Gasteiger partial charge in [0.2, 0.25) is 0 Å². The van der Waals surface area contributed by atoms with Crippen molar-refractivity contribution in [3.8, 4) is 0 Å². The molecule has 4 aliphatic heterocycles. The molecule has 0 N–H and O–H groups in total. The van der Waals surface area contributed by atoms with Crippen molar-refractivity contribution in [2.75, 3.05) is 13.2 Å². The maximum atomic E-state index is 15.3. The third kappa shape index (κ3) is 13.0. The van der Waals surface area contributed by atoms with E-state index in [1.807, 2.05) is 166 Å². The third-order valence-corrected chi connectivity index (χ3v) is 12.9. The molecule has 0 unspecified atom stereocenters. The number of benzene rings is 5. The van der Waals surface area contributed by atoms with Crippen molar-refractivity contribution in [2.45, 2.75) is 146 Å². The van der Waals surface area contributed by atoms with E-state index in [2.05, 4.69) is 10.0 Å². The number of rotatable bonds is 22. The fourth-order valence-corrected chi connectivity index (χ4v) is 9.55. The summed E-state index contributed by atoms with van der Waals surface area (Å²) in [4.78, 5) is 18.7. The van der Waals surface area contributed by atoms with Crippen LogP contribution in [0.3, 0.4) is 0 Å². The molecule has 5 aromatic carbocycles. The van der Waals surface area contributed by atoms with Crippen LogP contribution in [0.25, 0.3) is 10.4 Å². The van der Waals surface area contributed by atoms with Gasteiger partial charge >= 0.3 is 5.97 Å². The first-order chi connectivity index (χ1) is 35.0. The number of carbonyl (C=O) groups excluding carboxylic acids is 1. The predicted octanol–water partition coefficient (Wildman–Crippen LogP) is 9.28. The first-order valence-electron chi connectivity index (χ1n) is 24.5. The van der Waals surface area contributed by atoms with Crippen LogP contribution < -0.4 is 0 Å². The summed E-state index contributed by atoms with van der Waals surface area (Å²) >= 11 is 0. The quantitative estimate of drug-likeness (QED) is 0.0278. The lowest BCUT2D eigenvalue weighted by molar-refractivity contribution is -0.333. The second-order valence-electron chi connectivity index (χ2n) is 19.2. The number of carbonyl (C=O) groups is 1. The van der Waals surface area contributed by atoms with Gasteiger partial charge in [-0.05, 0) is 61.0 Å². The van der Waals surface area contributed by atoms with Gasteiger partial charge in [-0.25, -0.2) is 4.79 Å². The van der Waals surface area contributed by atoms with E-state index in [4.69, 9.17) is 56.8 Å². The fourth-order valence-electron chi connectivity index (χ4n) is 9.55. The Hall–Kier alpha value is -5.56. The molecule has 4 aliphatic rings. The van der Waals surface area contributed by atoms with Gasteiger partial charge in [-0.3, -0.25) is 0 Å². The molecule has 4 heterocycles. The van der Waals surface area contributed by atoms with Crippen molar-refractivity contribution in [3.63, 3.8) is 0 Å². The molecular formula is C56H63N3O13. The Morgan fingerprint density at radius 2 is 1.12 bits per heavy atom. The molecule has 9 rings (SSSR count). The van der Waals surface area contributed by atoms with Crippen LogP contribution in [0.4, 0.5) is 0 Å². The van der Waals surface area contributed by atoms with Gasteiger partial charge in [0.1, 0.15) is 49.3 Å². The number of hydrogen-bond acceptors (Lipinski definition) is 14. The lowest BCUT2D eigenvalue weighted by Gasteiger charge is -2.49. The van der Waals surface area contributed by atoms with Crippen LogP contribution in [0.1, 0.15) is 61.9 Å². The molecule has 0 aromatic heterocycles. The van der Waals surface area contributed by atoms with Gasteiger partial charge in [0.05, 0.1) is 51.8 Å². The second kappa shape index (κ2) is 23.5. The summed E-state index contributed by atoms with van der Waals surface area (Å²) in [6.45, 7) is 7.42. The Balaban J connectivity index is 1.12. The summed E-state index contributed by atoms with van der Waals surface area (Å²) in [7, 11) is 0. The van der Waals surface area contributed by atoms with E-state index in [1.165, 1.54) is 0 Å². The van der Waals surface area contributed by atoms with E-state index in [0.29, 0.717) is 0 Å². The molecule has 0 spiro atoms. The van der Waals surface area contributed by atoms with Crippen molar-refractivity contribution in [2.24, 2.45) is 5.11 Å². The van der Waals surface area contributed by atoms with Crippen LogP contribution in [-0.4, -0.2) is 97.7 Å². The molecule has 11 atom stereocenters. The van der Waals surface area contributed by atoms with Gasteiger partial charge in [0.25, 0.3) is 5.79 Å². The fraction of sp³-hybridized carbons (Fsp3) is 0.446. The molecule has 380 valence electrons. The van der Waals surface area contributed by atoms with Crippen LogP contribution in [0.15, 0.2) is 157 Å². The van der Waals surface area contributed by atoms with E-state index in [0.717, 1.165) is 27.8 Å². The standard InChI is InChI=1S/C56H63N3O13/c1-54(2)68-48-45(67-52-51(50(48)69-54)70-55(3,4)72-52)37-66-56(53(60)65-35-42-28-18-9-19-29-42)30-43(62-32-39-22-12-6-13-23-39)46(58-59-57)49(71-56)47(64-34-41-26-16-8-17-27-41)44(63-33-40-24-14-7-15-25-40)36-61-31-38-20-10-5-11-21-38/h5-29,43-52H,30-37H2,1-4H3/t43-,44+,45+,46+,47+,48-,49+,50-,51+,52+,56+/m0/s1. The smallest absolute Gasteiger partial charge is 0.367 e. The molecule has 0 bridgehead atoms. The summed E-state index contributed by atoms with van der Waals surface area (Å²) in [6.07, 6.45) is -8.27. The Labute approximate surface area is 420 Å². The summed E-state index contributed by atoms with van der Waals surface area (Å²) in [5.74, 6) is -5.10. The topological polar surface area (TPSA) is 177 Å². The first-order valence-corrected chi connectivity index (χ1v) is 24.5. The van der Waals surface area contributed by atoms with Gasteiger partial charge in [-0.1, -0.05) is 157 Å². The van der Waals surface area contributed by atoms with Crippen molar-refractivity contribution in [3.05, 3.63) is 190 Å². The monoisotopic (exact) mass is 985 g/mol. The Morgan fingerprint density at radius 1 is 0.625 bits per heavy atom.